The molecule has 0 aromatic carbocycles. The van der Waals surface area contributed by atoms with E-state index >= 15 is 0 Å². The van der Waals surface area contributed by atoms with E-state index in [1.165, 1.54) is 13.2 Å². The summed E-state index contributed by atoms with van der Waals surface area (Å²) >= 11 is 1.06. The van der Waals surface area contributed by atoms with E-state index in [0.29, 0.717) is 0 Å². The van der Waals surface area contributed by atoms with Gasteiger partial charge in [0.1, 0.15) is 28.6 Å². The van der Waals surface area contributed by atoms with Crippen LogP contribution in [-0.2, 0) is 19.5 Å². The molecule has 0 unspecified atom stereocenters. The van der Waals surface area contributed by atoms with E-state index in [-0.39, 0.29) is 10.8 Å². The van der Waals surface area contributed by atoms with Gasteiger partial charge >= 0.3 is 0 Å². The summed E-state index contributed by atoms with van der Waals surface area (Å²) < 4.78 is 36.4. The molecule has 5 atom stereocenters. The molecule has 1 saturated heterocycles. The van der Waals surface area contributed by atoms with E-state index in [9.17, 15) is 23.7 Å². The lowest BCUT2D eigenvalue weighted by Crippen LogP contribution is -2.60. The molecule has 21 heavy (non-hydrogen) atoms. The van der Waals surface area contributed by atoms with Crippen LogP contribution < -0.4 is 4.72 Å². The lowest BCUT2D eigenvalue weighted by atomic mass is 9.99. The lowest BCUT2D eigenvalue weighted by Gasteiger charge is -2.39. The molecule has 2 rings (SSSR count). The Kier molecular flexibility index (Phi) is 5.33. The molecule has 0 radical (unpaired) electrons. The molecule has 2 heterocycles. The van der Waals surface area contributed by atoms with Crippen molar-refractivity contribution < 1.29 is 33.2 Å². The van der Waals surface area contributed by atoms with Gasteiger partial charge in [0, 0.05) is 13.7 Å². The molecule has 1 aliphatic heterocycles. The molecule has 0 amide bonds. The Labute approximate surface area is 126 Å². The number of hydrogen-bond acceptors (Lipinski definition) is 8. The van der Waals surface area contributed by atoms with Crippen LogP contribution in [0.3, 0.4) is 0 Å². The van der Waals surface area contributed by atoms with Crippen molar-refractivity contribution in [3.8, 4) is 0 Å². The van der Waals surface area contributed by atoms with Crippen LogP contribution in [0.2, 0.25) is 0 Å². The molecule has 120 valence electrons. The lowest BCUT2D eigenvalue weighted by molar-refractivity contribution is -0.287. The molecular formula is C11H17NO7S2. The number of aliphatic hydroxyl groups is 3. The van der Waals surface area contributed by atoms with Gasteiger partial charge in [0.2, 0.25) is 10.0 Å². The fourth-order valence-corrected chi connectivity index (χ4v) is 4.04. The topological polar surface area (TPSA) is 125 Å². The number of methoxy groups -OCH3 is 1. The normalized spacial score (nSPS) is 34.0. The van der Waals surface area contributed by atoms with Crippen LogP contribution >= 0.6 is 11.3 Å². The fraction of sp³-hybridized carbons (Fsp3) is 0.636. The molecular weight excluding hydrogens is 322 g/mol. The van der Waals surface area contributed by atoms with Crippen LogP contribution in [0, 0.1) is 0 Å². The van der Waals surface area contributed by atoms with Crippen molar-refractivity contribution in [1.29, 1.82) is 0 Å². The predicted octanol–water partition coefficient (Wildman–Crippen LogP) is -1.52. The molecule has 0 aliphatic carbocycles. The van der Waals surface area contributed by atoms with Gasteiger partial charge in [0.15, 0.2) is 6.29 Å². The van der Waals surface area contributed by atoms with Crippen LogP contribution in [0.1, 0.15) is 0 Å². The summed E-state index contributed by atoms with van der Waals surface area (Å²) in [5.74, 6) is 0. The first kappa shape index (κ1) is 16.8. The van der Waals surface area contributed by atoms with Gasteiger partial charge in [-0.05, 0) is 11.4 Å². The Bertz CT molecular complexity index is 545. The van der Waals surface area contributed by atoms with Crippen molar-refractivity contribution in [3.05, 3.63) is 17.5 Å². The standard InChI is InChI=1S/C11H17NO7S2/c1-18-11-10(15)9(14)8(13)6(19-11)5-12-21(16,17)7-3-2-4-20-7/h2-4,6,8-15H,5H2,1H3/t6-,8-,9+,10+,11+/m1/s1. The molecule has 10 heteroatoms. The summed E-state index contributed by atoms with van der Waals surface area (Å²) in [7, 11) is -2.43. The number of rotatable bonds is 5. The van der Waals surface area contributed by atoms with Crippen LogP contribution in [0.25, 0.3) is 0 Å². The van der Waals surface area contributed by atoms with Gasteiger partial charge < -0.3 is 24.8 Å². The molecule has 1 aromatic rings. The molecule has 1 fully saturated rings. The fourth-order valence-electron chi connectivity index (χ4n) is 1.96. The van der Waals surface area contributed by atoms with Gasteiger partial charge in [-0.3, -0.25) is 0 Å². The SMILES string of the molecule is CO[C@H]1O[C@H](CNS(=O)(=O)c2cccs2)[C@@H](O)[C@H](O)[C@@H]1O. The molecule has 8 nitrogen and oxygen atoms in total. The third-order valence-electron chi connectivity index (χ3n) is 3.14. The first-order chi connectivity index (χ1) is 9.86. The Morgan fingerprint density at radius 1 is 1.33 bits per heavy atom. The number of nitrogens with one attached hydrogen (secondary N) is 1. The van der Waals surface area contributed by atoms with Gasteiger partial charge in [-0.25, -0.2) is 13.1 Å². The Morgan fingerprint density at radius 2 is 2.05 bits per heavy atom. The van der Waals surface area contributed by atoms with Crippen LogP contribution in [0.4, 0.5) is 0 Å². The van der Waals surface area contributed by atoms with Crippen molar-refractivity contribution in [1.82, 2.24) is 4.72 Å². The van der Waals surface area contributed by atoms with Crippen LogP contribution in [-0.4, -0.2) is 68.1 Å². The number of thiophene rings is 1. The third kappa shape index (κ3) is 3.60. The molecule has 0 saturated carbocycles. The van der Waals surface area contributed by atoms with Crippen molar-refractivity contribution in [2.75, 3.05) is 13.7 Å². The molecule has 0 bridgehead atoms. The largest absolute Gasteiger partial charge is 0.388 e. The van der Waals surface area contributed by atoms with Crippen molar-refractivity contribution in [3.63, 3.8) is 0 Å². The summed E-state index contributed by atoms with van der Waals surface area (Å²) in [4.78, 5) is 0. The second-order valence-corrected chi connectivity index (χ2v) is 7.48. The third-order valence-corrected chi connectivity index (χ3v) is 5.96. The van der Waals surface area contributed by atoms with E-state index in [0.717, 1.165) is 11.3 Å². The Balaban J connectivity index is 2.02. The zero-order chi connectivity index (χ0) is 15.6. The monoisotopic (exact) mass is 339 g/mol. The summed E-state index contributed by atoms with van der Waals surface area (Å²) in [5, 5.41) is 30.8. The zero-order valence-electron chi connectivity index (χ0n) is 11.1. The van der Waals surface area contributed by atoms with Gasteiger partial charge in [-0.1, -0.05) is 6.07 Å². The summed E-state index contributed by atoms with van der Waals surface area (Å²) in [6.45, 7) is -0.259. The predicted molar refractivity (Wildman–Crippen MR) is 73.2 cm³/mol. The van der Waals surface area contributed by atoms with E-state index < -0.39 is 40.7 Å². The van der Waals surface area contributed by atoms with Crippen LogP contribution in [0.15, 0.2) is 21.7 Å². The van der Waals surface area contributed by atoms with E-state index in [1.54, 1.807) is 11.4 Å². The number of ether oxygens (including phenoxy) is 2. The maximum absolute atomic E-state index is 12.0. The van der Waals surface area contributed by atoms with E-state index in [1.807, 2.05) is 0 Å². The average molecular weight is 339 g/mol. The maximum Gasteiger partial charge on any atom is 0.250 e. The minimum absolute atomic E-state index is 0.136. The highest BCUT2D eigenvalue weighted by molar-refractivity contribution is 7.91. The zero-order valence-corrected chi connectivity index (χ0v) is 12.8. The maximum atomic E-state index is 12.0. The second kappa shape index (κ2) is 6.67. The van der Waals surface area contributed by atoms with Crippen molar-refractivity contribution in [2.45, 2.75) is 34.9 Å². The first-order valence-corrected chi connectivity index (χ1v) is 8.48. The highest BCUT2D eigenvalue weighted by atomic mass is 32.2. The smallest absolute Gasteiger partial charge is 0.250 e. The summed E-state index contributed by atoms with van der Waals surface area (Å²) in [6, 6.07) is 3.05. The summed E-state index contributed by atoms with van der Waals surface area (Å²) in [5.41, 5.74) is 0. The van der Waals surface area contributed by atoms with Gasteiger partial charge in [0.25, 0.3) is 0 Å². The quantitative estimate of drug-likeness (QED) is 0.513. The average Bonchev–Trinajstić information content (AvgIpc) is 2.99. The number of aliphatic hydroxyl groups excluding tert-OH is 3. The van der Waals surface area contributed by atoms with Gasteiger partial charge in [-0.2, -0.15) is 0 Å². The van der Waals surface area contributed by atoms with Gasteiger partial charge in [0.05, 0.1) is 0 Å². The molecule has 1 aromatic heterocycles. The van der Waals surface area contributed by atoms with Gasteiger partial charge in [-0.15, -0.1) is 11.3 Å². The highest BCUT2D eigenvalue weighted by Gasteiger charge is 2.44. The minimum Gasteiger partial charge on any atom is -0.388 e. The Morgan fingerprint density at radius 3 is 2.62 bits per heavy atom. The summed E-state index contributed by atoms with van der Waals surface area (Å²) in [6.07, 6.45) is -6.50. The minimum atomic E-state index is -3.70. The van der Waals surface area contributed by atoms with Crippen molar-refractivity contribution in [2.24, 2.45) is 0 Å². The number of hydrogen-bond donors (Lipinski definition) is 4. The number of sulfonamides is 1. The van der Waals surface area contributed by atoms with Crippen LogP contribution in [0.5, 0.6) is 0 Å². The highest BCUT2D eigenvalue weighted by Crippen LogP contribution is 2.22. The molecule has 1 aliphatic rings. The van der Waals surface area contributed by atoms with E-state index in [4.69, 9.17) is 9.47 Å². The second-order valence-electron chi connectivity index (χ2n) is 4.53. The molecule has 0 spiro atoms. The molecule has 4 N–H and O–H groups in total. The Hall–Kier alpha value is -0.590. The van der Waals surface area contributed by atoms with E-state index in [2.05, 4.69) is 4.72 Å². The van der Waals surface area contributed by atoms with Crippen molar-refractivity contribution >= 4 is 21.4 Å². The first-order valence-electron chi connectivity index (χ1n) is 6.12.